The third kappa shape index (κ3) is 4.00. The summed E-state index contributed by atoms with van der Waals surface area (Å²) in [6, 6.07) is 3.70. The van der Waals surface area contributed by atoms with Crippen LogP contribution in [0.4, 0.5) is 13.2 Å². The number of aryl methyl sites for hydroxylation is 1. The Labute approximate surface area is 90.8 Å². The molecule has 1 aromatic carbocycles. The Hall–Kier alpha value is -0.900. The van der Waals surface area contributed by atoms with Gasteiger partial charge in [0.1, 0.15) is 11.6 Å². The molecule has 0 aliphatic heterocycles. The van der Waals surface area contributed by atoms with E-state index < -0.39 is 12.4 Å². The van der Waals surface area contributed by atoms with Gasteiger partial charge in [0.25, 0.3) is 0 Å². The molecule has 84 valence electrons. The largest absolute Gasteiger partial charge is 0.435 e. The smallest absolute Gasteiger partial charge is 0.387 e. The average Bonchev–Trinajstić information content (AvgIpc) is 2.15. The summed E-state index contributed by atoms with van der Waals surface area (Å²) in [6.45, 7) is -2.93. The number of ether oxygens (including phenoxy) is 1. The Morgan fingerprint density at radius 1 is 1.33 bits per heavy atom. The van der Waals surface area contributed by atoms with Crippen LogP contribution in [0.15, 0.2) is 18.2 Å². The number of benzene rings is 1. The molecule has 0 N–H and O–H groups in total. The summed E-state index contributed by atoms with van der Waals surface area (Å²) in [5.74, 6) is -0.273. The minimum Gasteiger partial charge on any atom is -0.435 e. The fraction of sp³-hybridized carbons (Fsp3) is 0.400. The molecular formula is C10H10ClF3O. The van der Waals surface area contributed by atoms with Crippen molar-refractivity contribution in [2.75, 3.05) is 5.88 Å². The molecule has 0 aliphatic carbocycles. The summed E-state index contributed by atoms with van der Waals surface area (Å²) in [4.78, 5) is 0. The van der Waals surface area contributed by atoms with Crippen molar-refractivity contribution in [1.82, 2.24) is 0 Å². The van der Waals surface area contributed by atoms with Crippen LogP contribution in [0.1, 0.15) is 12.0 Å². The highest BCUT2D eigenvalue weighted by molar-refractivity contribution is 6.17. The molecule has 0 spiro atoms. The van der Waals surface area contributed by atoms with E-state index in [9.17, 15) is 13.2 Å². The minimum absolute atomic E-state index is 0.169. The van der Waals surface area contributed by atoms with Gasteiger partial charge in [0.05, 0.1) is 0 Å². The second-order valence-electron chi connectivity index (χ2n) is 2.92. The molecule has 0 fully saturated rings. The van der Waals surface area contributed by atoms with Crippen LogP contribution in [0.3, 0.4) is 0 Å². The molecule has 0 amide bonds. The van der Waals surface area contributed by atoms with Gasteiger partial charge in [-0.15, -0.1) is 11.6 Å². The van der Waals surface area contributed by atoms with Gasteiger partial charge in [-0.1, -0.05) is 6.07 Å². The fourth-order valence-corrected chi connectivity index (χ4v) is 1.30. The van der Waals surface area contributed by atoms with Gasteiger partial charge in [0.2, 0.25) is 0 Å². The molecule has 0 saturated carbocycles. The maximum absolute atomic E-state index is 13.3. The van der Waals surface area contributed by atoms with Gasteiger partial charge in [-0.2, -0.15) is 8.78 Å². The van der Waals surface area contributed by atoms with E-state index in [4.69, 9.17) is 11.6 Å². The highest BCUT2D eigenvalue weighted by Crippen LogP contribution is 2.19. The monoisotopic (exact) mass is 238 g/mol. The van der Waals surface area contributed by atoms with Crippen molar-refractivity contribution in [3.63, 3.8) is 0 Å². The molecule has 0 bridgehead atoms. The fourth-order valence-electron chi connectivity index (χ4n) is 1.16. The predicted molar refractivity (Wildman–Crippen MR) is 52.1 cm³/mol. The number of alkyl halides is 3. The summed E-state index contributed by atoms with van der Waals surface area (Å²) >= 11 is 5.46. The first-order valence-corrected chi connectivity index (χ1v) is 4.96. The normalized spacial score (nSPS) is 10.7. The zero-order valence-electron chi connectivity index (χ0n) is 7.85. The molecule has 5 heteroatoms. The summed E-state index contributed by atoms with van der Waals surface area (Å²) in [5, 5.41) is 0. The highest BCUT2D eigenvalue weighted by Gasteiger charge is 2.07. The van der Waals surface area contributed by atoms with E-state index in [1.807, 2.05) is 0 Å². The Bertz CT molecular complexity index is 318. The lowest BCUT2D eigenvalue weighted by Gasteiger charge is -2.06. The van der Waals surface area contributed by atoms with E-state index in [1.54, 1.807) is 0 Å². The zero-order chi connectivity index (χ0) is 11.3. The van der Waals surface area contributed by atoms with Crippen LogP contribution >= 0.6 is 11.6 Å². The van der Waals surface area contributed by atoms with Gasteiger partial charge in [-0.05, 0) is 24.5 Å². The summed E-state index contributed by atoms with van der Waals surface area (Å²) in [7, 11) is 0. The average molecular weight is 239 g/mol. The van der Waals surface area contributed by atoms with Gasteiger partial charge in [0, 0.05) is 11.9 Å². The number of hydrogen-bond acceptors (Lipinski definition) is 1. The first kappa shape index (κ1) is 12.2. The van der Waals surface area contributed by atoms with E-state index >= 15 is 0 Å². The van der Waals surface area contributed by atoms with E-state index in [0.29, 0.717) is 24.3 Å². The third-order valence-electron chi connectivity index (χ3n) is 1.83. The second kappa shape index (κ2) is 5.85. The van der Waals surface area contributed by atoms with Crippen molar-refractivity contribution in [3.05, 3.63) is 29.6 Å². The molecule has 0 radical (unpaired) electrons. The van der Waals surface area contributed by atoms with Crippen LogP contribution in [0.5, 0.6) is 5.75 Å². The Morgan fingerprint density at radius 3 is 2.60 bits per heavy atom. The second-order valence-corrected chi connectivity index (χ2v) is 3.30. The molecular weight excluding hydrogens is 229 g/mol. The van der Waals surface area contributed by atoms with Crippen LogP contribution in [0, 0.1) is 5.82 Å². The summed E-state index contributed by atoms with van der Waals surface area (Å²) in [5.41, 5.74) is 0.456. The molecule has 0 unspecified atom stereocenters. The topological polar surface area (TPSA) is 9.23 Å². The number of halogens is 4. The number of rotatable bonds is 5. The Balaban J connectivity index is 2.69. The van der Waals surface area contributed by atoms with Crippen molar-refractivity contribution in [2.45, 2.75) is 19.5 Å². The molecule has 0 heterocycles. The maximum Gasteiger partial charge on any atom is 0.387 e. The SMILES string of the molecule is Fc1cc(OC(F)F)ccc1CCCCl. The molecule has 0 saturated heterocycles. The van der Waals surface area contributed by atoms with Crippen LogP contribution in [-0.4, -0.2) is 12.5 Å². The first-order chi connectivity index (χ1) is 7.13. The standard InChI is InChI=1S/C10H10ClF3O/c11-5-1-2-7-3-4-8(6-9(7)12)15-10(13)14/h3-4,6,10H,1-2,5H2. The van der Waals surface area contributed by atoms with Crippen LogP contribution in [0.25, 0.3) is 0 Å². The van der Waals surface area contributed by atoms with Crippen molar-refractivity contribution in [1.29, 1.82) is 0 Å². The van der Waals surface area contributed by atoms with Crippen LogP contribution in [0.2, 0.25) is 0 Å². The lowest BCUT2D eigenvalue weighted by atomic mass is 10.1. The molecule has 0 aromatic heterocycles. The molecule has 15 heavy (non-hydrogen) atoms. The highest BCUT2D eigenvalue weighted by atomic mass is 35.5. The summed E-state index contributed by atoms with van der Waals surface area (Å²) < 4.78 is 40.9. The van der Waals surface area contributed by atoms with Crippen molar-refractivity contribution >= 4 is 11.6 Å². The Morgan fingerprint density at radius 2 is 2.07 bits per heavy atom. The Kier molecular flexibility index (Phi) is 4.75. The van der Waals surface area contributed by atoms with E-state index in [1.165, 1.54) is 12.1 Å². The maximum atomic E-state index is 13.3. The minimum atomic E-state index is -2.93. The van der Waals surface area contributed by atoms with Crippen molar-refractivity contribution in [2.24, 2.45) is 0 Å². The lowest BCUT2D eigenvalue weighted by Crippen LogP contribution is -2.02. The quantitative estimate of drug-likeness (QED) is 0.713. The van der Waals surface area contributed by atoms with Gasteiger partial charge in [0.15, 0.2) is 0 Å². The molecule has 0 aliphatic rings. The van der Waals surface area contributed by atoms with Crippen LogP contribution in [-0.2, 0) is 6.42 Å². The van der Waals surface area contributed by atoms with Crippen molar-refractivity contribution < 1.29 is 17.9 Å². The van der Waals surface area contributed by atoms with Gasteiger partial charge in [-0.3, -0.25) is 0 Å². The van der Waals surface area contributed by atoms with E-state index in [2.05, 4.69) is 4.74 Å². The van der Waals surface area contributed by atoms with Crippen molar-refractivity contribution in [3.8, 4) is 5.75 Å². The molecule has 1 rings (SSSR count). The molecule has 0 atom stereocenters. The summed E-state index contributed by atoms with van der Waals surface area (Å²) in [6.07, 6.45) is 1.14. The van der Waals surface area contributed by atoms with Crippen LogP contribution < -0.4 is 4.74 Å². The number of hydrogen-bond donors (Lipinski definition) is 0. The zero-order valence-corrected chi connectivity index (χ0v) is 8.61. The molecule has 1 aromatic rings. The van der Waals surface area contributed by atoms with E-state index in [0.717, 1.165) is 6.07 Å². The van der Waals surface area contributed by atoms with E-state index in [-0.39, 0.29) is 5.75 Å². The lowest BCUT2D eigenvalue weighted by molar-refractivity contribution is -0.0500. The third-order valence-corrected chi connectivity index (χ3v) is 2.10. The van der Waals surface area contributed by atoms with Gasteiger partial charge in [-0.25, -0.2) is 4.39 Å². The van der Waals surface area contributed by atoms with Gasteiger partial charge >= 0.3 is 6.61 Å². The van der Waals surface area contributed by atoms with Gasteiger partial charge < -0.3 is 4.74 Å². The predicted octanol–water partition coefficient (Wildman–Crippen LogP) is 3.60. The first-order valence-electron chi connectivity index (χ1n) is 4.42. The molecule has 1 nitrogen and oxygen atoms in total.